The van der Waals surface area contributed by atoms with Crippen molar-refractivity contribution in [2.45, 2.75) is 32.1 Å². The van der Waals surface area contributed by atoms with Crippen molar-refractivity contribution in [2.24, 2.45) is 5.41 Å². The van der Waals surface area contributed by atoms with Crippen molar-refractivity contribution >= 4 is 17.9 Å². The molecule has 0 aliphatic carbocycles. The van der Waals surface area contributed by atoms with Gasteiger partial charge in [-0.2, -0.15) is 0 Å². The molecule has 1 rings (SSSR count). The summed E-state index contributed by atoms with van der Waals surface area (Å²) >= 11 is 5.63. The average Bonchev–Trinajstić information content (AvgIpc) is 2.41. The number of ether oxygens (including phenoxy) is 1. The Labute approximate surface area is 84.6 Å². The molecule has 0 aromatic carbocycles. The Morgan fingerprint density at radius 3 is 2.92 bits per heavy atom. The third-order valence-corrected chi connectivity index (χ3v) is 3.03. The normalized spacial score (nSPS) is 29.6. The van der Waals surface area contributed by atoms with Crippen LogP contribution in [0.4, 0.5) is 0 Å². The van der Waals surface area contributed by atoms with Gasteiger partial charge in [-0.3, -0.25) is 0 Å². The largest absolute Gasteiger partial charge is 0.381 e. The first-order chi connectivity index (χ1) is 6.33. The van der Waals surface area contributed by atoms with Crippen molar-refractivity contribution in [3.8, 4) is 0 Å². The quantitative estimate of drug-likeness (QED) is 0.519. The Morgan fingerprint density at radius 2 is 2.23 bits per heavy atom. The van der Waals surface area contributed by atoms with E-state index in [4.69, 9.17) is 16.3 Å². The van der Waals surface area contributed by atoms with Gasteiger partial charge in [0.2, 0.25) is 0 Å². The molecule has 0 N–H and O–H groups in total. The fraction of sp³-hybridized carbons (Fsp3) is 0.900. The summed E-state index contributed by atoms with van der Waals surface area (Å²) in [5.41, 5.74) is -0.134. The molecule has 1 fully saturated rings. The topological polar surface area (TPSA) is 26.3 Å². The van der Waals surface area contributed by atoms with E-state index in [1.807, 2.05) is 0 Å². The fourth-order valence-electron chi connectivity index (χ4n) is 1.87. The van der Waals surface area contributed by atoms with Crippen LogP contribution in [0.5, 0.6) is 0 Å². The number of hydrogen-bond acceptors (Lipinski definition) is 2. The van der Waals surface area contributed by atoms with E-state index < -0.39 is 0 Å². The van der Waals surface area contributed by atoms with E-state index in [0.717, 1.165) is 51.6 Å². The van der Waals surface area contributed by atoms with Crippen LogP contribution in [0.2, 0.25) is 0 Å². The molecule has 0 aromatic heterocycles. The minimum absolute atomic E-state index is 0.134. The Hall–Kier alpha value is -0.0800. The van der Waals surface area contributed by atoms with Crippen LogP contribution in [0.25, 0.3) is 0 Å². The molecule has 1 aliphatic heterocycles. The zero-order valence-electron chi connectivity index (χ0n) is 7.93. The predicted octanol–water partition coefficient (Wildman–Crippen LogP) is 2.39. The maximum Gasteiger partial charge on any atom is 0.126 e. The van der Waals surface area contributed by atoms with Crippen LogP contribution >= 0.6 is 11.6 Å². The molecule has 76 valence electrons. The first kappa shape index (κ1) is 11.0. The van der Waals surface area contributed by atoms with Gasteiger partial charge in [0.25, 0.3) is 0 Å². The minimum Gasteiger partial charge on any atom is -0.381 e. The van der Waals surface area contributed by atoms with Crippen LogP contribution < -0.4 is 0 Å². The van der Waals surface area contributed by atoms with Crippen LogP contribution in [-0.2, 0) is 9.53 Å². The molecular weight excluding hydrogens is 188 g/mol. The Morgan fingerprint density at radius 1 is 1.38 bits per heavy atom. The van der Waals surface area contributed by atoms with Gasteiger partial charge in [-0.15, -0.1) is 11.6 Å². The number of halogens is 1. The zero-order chi connectivity index (χ0) is 9.57. The molecule has 1 saturated heterocycles. The number of hydrogen-bond donors (Lipinski definition) is 0. The summed E-state index contributed by atoms with van der Waals surface area (Å²) in [6, 6.07) is 0. The molecule has 3 heteroatoms. The molecule has 13 heavy (non-hydrogen) atoms. The third-order valence-electron chi connectivity index (χ3n) is 2.77. The highest BCUT2D eigenvalue weighted by molar-refractivity contribution is 6.17. The summed E-state index contributed by atoms with van der Waals surface area (Å²) in [5, 5.41) is 0. The van der Waals surface area contributed by atoms with Crippen molar-refractivity contribution in [3.63, 3.8) is 0 Å². The van der Waals surface area contributed by atoms with Gasteiger partial charge in [-0.25, -0.2) is 0 Å². The second kappa shape index (κ2) is 5.61. The molecule has 1 aliphatic rings. The number of rotatable bonds is 4. The van der Waals surface area contributed by atoms with Gasteiger partial charge in [0.05, 0.1) is 0 Å². The molecule has 0 bridgehead atoms. The lowest BCUT2D eigenvalue weighted by Gasteiger charge is -2.24. The smallest absolute Gasteiger partial charge is 0.126 e. The lowest BCUT2D eigenvalue weighted by Crippen LogP contribution is -2.23. The van der Waals surface area contributed by atoms with Gasteiger partial charge in [0, 0.05) is 24.5 Å². The first-order valence-corrected chi connectivity index (χ1v) is 5.46. The molecule has 1 atom stereocenters. The van der Waals surface area contributed by atoms with Crippen LogP contribution in [0.15, 0.2) is 0 Å². The first-order valence-electron chi connectivity index (χ1n) is 4.93. The van der Waals surface area contributed by atoms with Crippen molar-refractivity contribution in [3.05, 3.63) is 0 Å². The lowest BCUT2D eigenvalue weighted by atomic mass is 9.78. The summed E-state index contributed by atoms with van der Waals surface area (Å²) < 4.78 is 5.34. The molecule has 0 saturated carbocycles. The van der Waals surface area contributed by atoms with Crippen LogP contribution in [0, 0.1) is 5.41 Å². The summed E-state index contributed by atoms with van der Waals surface area (Å²) in [7, 11) is 0. The van der Waals surface area contributed by atoms with Crippen LogP contribution in [0.1, 0.15) is 32.1 Å². The zero-order valence-corrected chi connectivity index (χ0v) is 8.68. The highest BCUT2D eigenvalue weighted by atomic mass is 35.5. The molecule has 0 spiro atoms. The van der Waals surface area contributed by atoms with E-state index in [2.05, 4.69) is 0 Å². The summed E-state index contributed by atoms with van der Waals surface area (Å²) in [4.78, 5) is 11.0. The highest BCUT2D eigenvalue weighted by Crippen LogP contribution is 2.33. The number of carbonyl (C=O) groups is 1. The highest BCUT2D eigenvalue weighted by Gasteiger charge is 2.29. The second-order valence-electron chi connectivity index (χ2n) is 3.74. The SMILES string of the molecule is O=CC1(CCCCl)CCCOCC1. The number of alkyl halides is 1. The standard InChI is InChI=1S/C10H17ClO2/c11-6-1-3-10(9-12)4-2-7-13-8-5-10/h9H,1-8H2. The minimum atomic E-state index is -0.134. The van der Waals surface area contributed by atoms with Gasteiger partial charge in [-0.05, 0) is 32.1 Å². The lowest BCUT2D eigenvalue weighted by molar-refractivity contribution is -0.117. The van der Waals surface area contributed by atoms with Gasteiger partial charge < -0.3 is 9.53 Å². The maximum absolute atomic E-state index is 11.0. The Bertz CT molecular complexity index is 151. The molecule has 1 unspecified atom stereocenters. The van der Waals surface area contributed by atoms with Gasteiger partial charge in [-0.1, -0.05) is 0 Å². The van der Waals surface area contributed by atoms with Crippen molar-refractivity contribution in [1.82, 2.24) is 0 Å². The summed E-state index contributed by atoms with van der Waals surface area (Å²) in [6.45, 7) is 1.53. The van der Waals surface area contributed by atoms with Crippen molar-refractivity contribution < 1.29 is 9.53 Å². The second-order valence-corrected chi connectivity index (χ2v) is 4.12. The fourth-order valence-corrected chi connectivity index (χ4v) is 2.01. The monoisotopic (exact) mass is 204 g/mol. The van der Waals surface area contributed by atoms with E-state index >= 15 is 0 Å². The van der Waals surface area contributed by atoms with Gasteiger partial charge >= 0.3 is 0 Å². The summed E-state index contributed by atoms with van der Waals surface area (Å²) in [5.74, 6) is 0.649. The maximum atomic E-state index is 11.0. The molecule has 2 nitrogen and oxygen atoms in total. The number of carbonyl (C=O) groups excluding carboxylic acids is 1. The number of aldehydes is 1. The van der Waals surface area contributed by atoms with Crippen molar-refractivity contribution in [1.29, 1.82) is 0 Å². The van der Waals surface area contributed by atoms with Crippen LogP contribution in [0.3, 0.4) is 0 Å². The van der Waals surface area contributed by atoms with E-state index in [9.17, 15) is 4.79 Å². The van der Waals surface area contributed by atoms with Gasteiger partial charge in [0.15, 0.2) is 0 Å². The van der Waals surface area contributed by atoms with Gasteiger partial charge in [0.1, 0.15) is 6.29 Å². The van der Waals surface area contributed by atoms with E-state index in [0.29, 0.717) is 5.88 Å². The van der Waals surface area contributed by atoms with E-state index in [1.54, 1.807) is 0 Å². The molecular formula is C10H17ClO2. The third kappa shape index (κ3) is 3.28. The molecule has 0 amide bonds. The molecule has 1 heterocycles. The van der Waals surface area contributed by atoms with Crippen molar-refractivity contribution in [2.75, 3.05) is 19.1 Å². The average molecular weight is 205 g/mol. The Kier molecular flexibility index (Phi) is 4.74. The van der Waals surface area contributed by atoms with E-state index in [-0.39, 0.29) is 5.41 Å². The molecule has 0 radical (unpaired) electrons. The molecule has 0 aromatic rings. The summed E-state index contributed by atoms with van der Waals surface area (Å²) in [6.07, 6.45) is 5.81. The van der Waals surface area contributed by atoms with Crippen LogP contribution in [-0.4, -0.2) is 25.4 Å². The van der Waals surface area contributed by atoms with E-state index in [1.165, 1.54) is 0 Å². The Balaban J connectivity index is 2.48. The predicted molar refractivity (Wildman–Crippen MR) is 53.1 cm³/mol.